The molecule has 1 saturated heterocycles. The van der Waals surface area contributed by atoms with E-state index in [2.05, 4.69) is 35.1 Å². The first-order valence-corrected chi connectivity index (χ1v) is 8.40. The summed E-state index contributed by atoms with van der Waals surface area (Å²) in [6, 6.07) is 0. The largest absolute Gasteiger partial charge is 0.377 e. The molecule has 1 unspecified atom stereocenters. The summed E-state index contributed by atoms with van der Waals surface area (Å²) in [5.41, 5.74) is 1.52. The van der Waals surface area contributed by atoms with Gasteiger partial charge in [-0.3, -0.25) is 4.99 Å². The molecule has 2 aliphatic rings. The summed E-state index contributed by atoms with van der Waals surface area (Å²) in [6.45, 7) is 9.58. The van der Waals surface area contributed by atoms with Crippen LogP contribution in [0.15, 0.2) is 16.6 Å². The zero-order valence-corrected chi connectivity index (χ0v) is 13.9. The molecule has 0 aromatic heterocycles. The number of nitrogens with zero attached hydrogens (tertiary/aromatic N) is 2. The van der Waals surface area contributed by atoms with E-state index in [0.29, 0.717) is 0 Å². The molecule has 1 fully saturated rings. The highest BCUT2D eigenvalue weighted by atomic mass is 16.5. The van der Waals surface area contributed by atoms with Gasteiger partial charge in [-0.15, -0.1) is 0 Å². The van der Waals surface area contributed by atoms with Crippen LogP contribution in [0.25, 0.3) is 0 Å². The van der Waals surface area contributed by atoms with E-state index in [9.17, 15) is 0 Å². The van der Waals surface area contributed by atoms with Crippen LogP contribution in [-0.4, -0.2) is 50.8 Å². The van der Waals surface area contributed by atoms with Crippen LogP contribution in [0.4, 0.5) is 0 Å². The van der Waals surface area contributed by atoms with Gasteiger partial charge in [0.05, 0.1) is 13.2 Å². The van der Waals surface area contributed by atoms with Gasteiger partial charge in [-0.2, -0.15) is 0 Å². The summed E-state index contributed by atoms with van der Waals surface area (Å²) in [7, 11) is 1.89. The topological polar surface area (TPSA) is 36.9 Å². The first-order valence-electron chi connectivity index (χ1n) is 8.40. The third-order valence-corrected chi connectivity index (χ3v) is 4.39. The van der Waals surface area contributed by atoms with E-state index in [0.717, 1.165) is 63.5 Å². The van der Waals surface area contributed by atoms with Crippen molar-refractivity contribution in [3.8, 4) is 0 Å². The first-order chi connectivity index (χ1) is 10.2. The highest BCUT2D eigenvalue weighted by Crippen LogP contribution is 2.23. The number of rotatable bonds is 5. The first kappa shape index (κ1) is 16.3. The van der Waals surface area contributed by atoms with E-state index in [1.54, 1.807) is 0 Å². The molecule has 2 heterocycles. The highest BCUT2D eigenvalue weighted by molar-refractivity contribution is 5.80. The Hall–Kier alpha value is -1.03. The van der Waals surface area contributed by atoms with Gasteiger partial charge in [0.1, 0.15) is 0 Å². The van der Waals surface area contributed by atoms with Crippen LogP contribution < -0.4 is 5.32 Å². The number of guanidine groups is 1. The summed E-state index contributed by atoms with van der Waals surface area (Å²) < 4.78 is 5.34. The zero-order chi connectivity index (χ0) is 15.1. The summed E-state index contributed by atoms with van der Waals surface area (Å²) in [6.07, 6.45) is 7.05. The minimum Gasteiger partial charge on any atom is -0.377 e. The molecule has 0 aromatic rings. The van der Waals surface area contributed by atoms with Crippen LogP contribution >= 0.6 is 0 Å². The van der Waals surface area contributed by atoms with Crippen LogP contribution in [0.1, 0.15) is 39.5 Å². The maximum Gasteiger partial charge on any atom is 0.193 e. The molecule has 21 heavy (non-hydrogen) atoms. The van der Waals surface area contributed by atoms with Crippen molar-refractivity contribution in [2.24, 2.45) is 16.8 Å². The molecule has 2 aliphatic heterocycles. The summed E-state index contributed by atoms with van der Waals surface area (Å²) >= 11 is 0. The number of hydrogen-bond donors (Lipinski definition) is 1. The van der Waals surface area contributed by atoms with E-state index in [1.807, 2.05) is 7.05 Å². The quantitative estimate of drug-likeness (QED) is 0.481. The van der Waals surface area contributed by atoms with Crippen molar-refractivity contribution >= 4 is 5.96 Å². The molecule has 0 aliphatic carbocycles. The van der Waals surface area contributed by atoms with Crippen LogP contribution in [0.2, 0.25) is 0 Å². The third kappa shape index (κ3) is 5.34. The normalized spacial score (nSPS) is 23.6. The highest BCUT2D eigenvalue weighted by Gasteiger charge is 2.25. The van der Waals surface area contributed by atoms with Crippen molar-refractivity contribution < 1.29 is 4.74 Å². The van der Waals surface area contributed by atoms with Gasteiger partial charge >= 0.3 is 0 Å². The fourth-order valence-electron chi connectivity index (χ4n) is 3.34. The molecule has 2 rings (SSSR count). The Morgan fingerprint density at radius 2 is 2.38 bits per heavy atom. The molecule has 0 radical (unpaired) electrons. The van der Waals surface area contributed by atoms with Gasteiger partial charge < -0.3 is 15.0 Å². The average Bonchev–Trinajstić information content (AvgIpc) is 2.92. The maximum atomic E-state index is 5.34. The molecule has 0 saturated carbocycles. The van der Waals surface area contributed by atoms with E-state index in [1.165, 1.54) is 18.4 Å². The van der Waals surface area contributed by atoms with Crippen molar-refractivity contribution in [3.05, 3.63) is 11.6 Å². The maximum absolute atomic E-state index is 5.34. The summed E-state index contributed by atoms with van der Waals surface area (Å²) in [4.78, 5) is 6.88. The van der Waals surface area contributed by atoms with Crippen molar-refractivity contribution in [3.63, 3.8) is 0 Å². The minimum atomic E-state index is 0.785. The molecule has 1 N–H and O–H groups in total. The van der Waals surface area contributed by atoms with Crippen molar-refractivity contribution in [2.45, 2.75) is 39.5 Å². The predicted octanol–water partition coefficient (Wildman–Crippen LogP) is 2.67. The Balaban J connectivity index is 1.72. The fourth-order valence-corrected chi connectivity index (χ4v) is 3.34. The molecule has 1 atom stereocenters. The summed E-state index contributed by atoms with van der Waals surface area (Å²) in [5, 5.41) is 3.53. The van der Waals surface area contributed by atoms with E-state index in [-0.39, 0.29) is 0 Å². The second kappa shape index (κ2) is 8.42. The van der Waals surface area contributed by atoms with Crippen LogP contribution in [0.3, 0.4) is 0 Å². The van der Waals surface area contributed by atoms with E-state index >= 15 is 0 Å². The minimum absolute atomic E-state index is 0.785. The number of hydrogen-bond acceptors (Lipinski definition) is 2. The van der Waals surface area contributed by atoms with Crippen LogP contribution in [-0.2, 0) is 4.74 Å². The summed E-state index contributed by atoms with van der Waals surface area (Å²) in [5.74, 6) is 2.71. The Labute approximate surface area is 129 Å². The lowest BCUT2D eigenvalue weighted by molar-refractivity contribution is 0.153. The Bertz CT molecular complexity index is 376. The fraction of sp³-hybridized carbons (Fsp3) is 0.824. The van der Waals surface area contributed by atoms with Gasteiger partial charge in [0.15, 0.2) is 5.96 Å². The standard InChI is InChI=1S/C17H31N3O/c1-14(2)12-16-5-9-20(13-16)17(18-3)19-8-4-15-6-10-21-11-7-15/h6,14,16H,4-5,7-13H2,1-3H3,(H,18,19). The molecule has 4 heteroatoms. The van der Waals surface area contributed by atoms with Gasteiger partial charge in [0.2, 0.25) is 0 Å². The van der Waals surface area contributed by atoms with Crippen LogP contribution in [0.5, 0.6) is 0 Å². The van der Waals surface area contributed by atoms with Crippen molar-refractivity contribution in [1.82, 2.24) is 10.2 Å². The van der Waals surface area contributed by atoms with Crippen molar-refractivity contribution in [2.75, 3.05) is 39.9 Å². The van der Waals surface area contributed by atoms with Gasteiger partial charge in [-0.25, -0.2) is 0 Å². The smallest absolute Gasteiger partial charge is 0.193 e. The number of ether oxygens (including phenoxy) is 1. The SMILES string of the molecule is CN=C(NCCC1=CCOCC1)N1CCC(CC(C)C)C1. The Morgan fingerprint density at radius 3 is 3.05 bits per heavy atom. The number of likely N-dealkylation sites (tertiary alicyclic amines) is 1. The predicted molar refractivity (Wildman–Crippen MR) is 88.6 cm³/mol. The molecular formula is C17H31N3O. The van der Waals surface area contributed by atoms with Gasteiger partial charge in [0.25, 0.3) is 0 Å². The lowest BCUT2D eigenvalue weighted by Gasteiger charge is -2.22. The third-order valence-electron chi connectivity index (χ3n) is 4.39. The van der Waals surface area contributed by atoms with Gasteiger partial charge in [-0.05, 0) is 37.5 Å². The molecule has 0 aromatic carbocycles. The Morgan fingerprint density at radius 1 is 1.52 bits per heavy atom. The number of nitrogens with one attached hydrogen (secondary N) is 1. The molecular weight excluding hydrogens is 262 g/mol. The molecule has 4 nitrogen and oxygen atoms in total. The van der Waals surface area contributed by atoms with E-state index < -0.39 is 0 Å². The van der Waals surface area contributed by atoms with Crippen LogP contribution in [0, 0.1) is 11.8 Å². The second-order valence-electron chi connectivity index (χ2n) is 6.64. The van der Waals surface area contributed by atoms with Gasteiger partial charge in [-0.1, -0.05) is 25.5 Å². The monoisotopic (exact) mass is 293 g/mol. The second-order valence-corrected chi connectivity index (χ2v) is 6.64. The molecule has 0 amide bonds. The lowest BCUT2D eigenvalue weighted by atomic mass is 9.97. The molecule has 120 valence electrons. The lowest BCUT2D eigenvalue weighted by Crippen LogP contribution is -2.40. The van der Waals surface area contributed by atoms with Gasteiger partial charge in [0, 0.05) is 26.7 Å². The Kier molecular flexibility index (Phi) is 6.55. The number of aliphatic imine (C=N–C) groups is 1. The zero-order valence-electron chi connectivity index (χ0n) is 13.9. The van der Waals surface area contributed by atoms with E-state index in [4.69, 9.17) is 4.74 Å². The van der Waals surface area contributed by atoms with Crippen molar-refractivity contribution in [1.29, 1.82) is 0 Å². The molecule has 0 bridgehead atoms. The molecule has 0 spiro atoms. The average molecular weight is 293 g/mol.